The Morgan fingerprint density at radius 2 is 2.20 bits per heavy atom. The van der Waals surface area contributed by atoms with Crippen molar-refractivity contribution in [3.8, 4) is 5.75 Å². The number of ether oxygens (including phenoxy) is 1. The van der Waals surface area contributed by atoms with Crippen molar-refractivity contribution in [1.82, 2.24) is 9.78 Å². The van der Waals surface area contributed by atoms with Crippen LogP contribution in [0.2, 0.25) is 0 Å². The van der Waals surface area contributed by atoms with E-state index in [1.54, 1.807) is 6.20 Å². The lowest BCUT2D eigenvalue weighted by molar-refractivity contribution is -0.118. The fourth-order valence-electron chi connectivity index (χ4n) is 1.76. The summed E-state index contributed by atoms with van der Waals surface area (Å²) in [4.78, 5) is 10.7. The highest BCUT2D eigenvalue weighted by atomic mass is 16.5. The molecule has 0 aliphatic carbocycles. The first kappa shape index (κ1) is 13.9. The van der Waals surface area contributed by atoms with Crippen LogP contribution in [0, 0.1) is 0 Å². The quantitative estimate of drug-likeness (QED) is 0.797. The molecule has 1 aromatic heterocycles. The topological polar surface area (TPSA) is 82.2 Å². The molecule has 6 nitrogen and oxygen atoms in total. The number of nitrogens with one attached hydrogen (secondary N) is 1. The number of carbonyl (C=O) groups is 1. The monoisotopic (exact) mass is 274 g/mol. The standard InChI is InChI=1S/C14H18N4O2/c1-18-11(6-8-17-18)10-16-12-4-2-3-5-13(12)20-9-7-14(15)19/h2-6,8,16H,7,9-10H2,1H3,(H2,15,19). The van der Waals surface area contributed by atoms with Crippen LogP contribution in [0.3, 0.4) is 0 Å². The van der Waals surface area contributed by atoms with E-state index in [1.807, 2.05) is 42.1 Å². The van der Waals surface area contributed by atoms with Crippen LogP contribution in [-0.4, -0.2) is 22.3 Å². The van der Waals surface area contributed by atoms with Crippen LogP contribution >= 0.6 is 0 Å². The van der Waals surface area contributed by atoms with Gasteiger partial charge in [0.2, 0.25) is 5.91 Å². The summed E-state index contributed by atoms with van der Waals surface area (Å²) in [6.45, 7) is 0.923. The lowest BCUT2D eigenvalue weighted by Gasteiger charge is -2.12. The second-order valence-electron chi connectivity index (χ2n) is 4.36. The third-order valence-electron chi connectivity index (χ3n) is 2.88. The summed E-state index contributed by atoms with van der Waals surface area (Å²) in [5.41, 5.74) is 7.03. The van der Waals surface area contributed by atoms with Gasteiger partial charge >= 0.3 is 0 Å². The van der Waals surface area contributed by atoms with Crippen LogP contribution in [-0.2, 0) is 18.4 Å². The molecule has 1 aromatic carbocycles. The number of aryl methyl sites for hydroxylation is 1. The SMILES string of the molecule is Cn1nccc1CNc1ccccc1OCCC(N)=O. The summed E-state index contributed by atoms with van der Waals surface area (Å²) in [7, 11) is 1.90. The molecule has 0 aliphatic rings. The largest absolute Gasteiger partial charge is 0.491 e. The average molecular weight is 274 g/mol. The lowest BCUT2D eigenvalue weighted by atomic mass is 10.3. The van der Waals surface area contributed by atoms with Crippen molar-refractivity contribution in [2.75, 3.05) is 11.9 Å². The molecule has 0 spiro atoms. The van der Waals surface area contributed by atoms with E-state index < -0.39 is 0 Å². The Balaban J connectivity index is 1.97. The number of carbonyl (C=O) groups excluding carboxylic acids is 1. The summed E-state index contributed by atoms with van der Waals surface area (Å²) in [6, 6.07) is 9.54. The molecule has 0 unspecified atom stereocenters. The molecular formula is C14H18N4O2. The first-order valence-electron chi connectivity index (χ1n) is 6.37. The molecular weight excluding hydrogens is 256 g/mol. The molecule has 0 fully saturated rings. The Kier molecular flexibility index (Phi) is 4.60. The third-order valence-corrected chi connectivity index (χ3v) is 2.88. The van der Waals surface area contributed by atoms with E-state index in [0.29, 0.717) is 12.3 Å². The van der Waals surface area contributed by atoms with E-state index in [4.69, 9.17) is 10.5 Å². The number of para-hydroxylation sites is 2. The minimum atomic E-state index is -0.370. The van der Waals surface area contributed by atoms with Gasteiger partial charge in [-0.1, -0.05) is 12.1 Å². The van der Waals surface area contributed by atoms with Crippen molar-refractivity contribution >= 4 is 11.6 Å². The minimum absolute atomic E-state index is 0.204. The highest BCUT2D eigenvalue weighted by molar-refractivity contribution is 5.73. The van der Waals surface area contributed by atoms with E-state index in [2.05, 4.69) is 10.4 Å². The van der Waals surface area contributed by atoms with Crippen molar-refractivity contribution in [3.05, 3.63) is 42.2 Å². The second-order valence-corrected chi connectivity index (χ2v) is 4.36. The molecule has 0 radical (unpaired) electrons. The first-order valence-corrected chi connectivity index (χ1v) is 6.37. The smallest absolute Gasteiger partial charge is 0.220 e. The van der Waals surface area contributed by atoms with E-state index in [9.17, 15) is 4.79 Å². The highest BCUT2D eigenvalue weighted by Crippen LogP contribution is 2.24. The number of amides is 1. The Morgan fingerprint density at radius 3 is 2.90 bits per heavy atom. The highest BCUT2D eigenvalue weighted by Gasteiger charge is 2.05. The zero-order valence-corrected chi connectivity index (χ0v) is 11.4. The number of benzene rings is 1. The summed E-state index contributed by atoms with van der Waals surface area (Å²) >= 11 is 0. The zero-order chi connectivity index (χ0) is 14.4. The van der Waals surface area contributed by atoms with E-state index in [0.717, 1.165) is 11.4 Å². The maximum absolute atomic E-state index is 10.7. The molecule has 2 rings (SSSR count). The number of nitrogens with two attached hydrogens (primary N) is 1. The van der Waals surface area contributed by atoms with Gasteiger partial charge < -0.3 is 15.8 Å². The molecule has 2 aromatic rings. The predicted molar refractivity (Wildman–Crippen MR) is 76.3 cm³/mol. The molecule has 0 bridgehead atoms. The van der Waals surface area contributed by atoms with E-state index >= 15 is 0 Å². The van der Waals surface area contributed by atoms with Gasteiger partial charge in [-0.15, -0.1) is 0 Å². The van der Waals surface area contributed by atoms with Gasteiger partial charge in [-0.3, -0.25) is 9.48 Å². The van der Waals surface area contributed by atoms with Crippen LogP contribution in [0.25, 0.3) is 0 Å². The molecule has 106 valence electrons. The number of hydrogen-bond donors (Lipinski definition) is 2. The van der Waals surface area contributed by atoms with Gasteiger partial charge in [0.05, 0.1) is 31.0 Å². The average Bonchev–Trinajstić information content (AvgIpc) is 2.83. The molecule has 0 atom stereocenters. The van der Waals surface area contributed by atoms with Crippen LogP contribution in [0.4, 0.5) is 5.69 Å². The summed E-state index contributed by atoms with van der Waals surface area (Å²) in [5, 5.41) is 7.41. The number of rotatable bonds is 7. The third kappa shape index (κ3) is 3.74. The maximum atomic E-state index is 10.7. The van der Waals surface area contributed by atoms with Gasteiger partial charge in [0.1, 0.15) is 5.75 Å². The lowest BCUT2D eigenvalue weighted by Crippen LogP contribution is -2.15. The van der Waals surface area contributed by atoms with Crippen molar-refractivity contribution in [1.29, 1.82) is 0 Å². The van der Waals surface area contributed by atoms with Gasteiger partial charge in [-0.25, -0.2) is 0 Å². The number of primary amides is 1. The van der Waals surface area contributed by atoms with Crippen molar-refractivity contribution in [2.24, 2.45) is 12.8 Å². The Bertz CT molecular complexity index is 580. The van der Waals surface area contributed by atoms with Crippen molar-refractivity contribution in [2.45, 2.75) is 13.0 Å². The van der Waals surface area contributed by atoms with Gasteiger partial charge in [0.25, 0.3) is 0 Å². The van der Waals surface area contributed by atoms with Gasteiger partial charge in [-0.05, 0) is 18.2 Å². The predicted octanol–water partition coefficient (Wildman–Crippen LogP) is 1.29. The molecule has 3 N–H and O–H groups in total. The minimum Gasteiger partial charge on any atom is -0.491 e. The molecule has 20 heavy (non-hydrogen) atoms. The Labute approximate surface area is 117 Å². The molecule has 0 saturated heterocycles. The summed E-state index contributed by atoms with van der Waals surface area (Å²) < 4.78 is 7.37. The fourth-order valence-corrected chi connectivity index (χ4v) is 1.76. The number of hydrogen-bond acceptors (Lipinski definition) is 4. The van der Waals surface area contributed by atoms with E-state index in [1.165, 1.54) is 0 Å². The molecule has 6 heteroatoms. The molecule has 1 amide bonds. The number of anilines is 1. The zero-order valence-electron chi connectivity index (χ0n) is 11.4. The van der Waals surface area contributed by atoms with Gasteiger partial charge in [0.15, 0.2) is 0 Å². The van der Waals surface area contributed by atoms with Crippen molar-refractivity contribution in [3.63, 3.8) is 0 Å². The maximum Gasteiger partial charge on any atom is 0.220 e. The Hall–Kier alpha value is -2.50. The van der Waals surface area contributed by atoms with Gasteiger partial charge in [-0.2, -0.15) is 5.10 Å². The number of aromatic nitrogens is 2. The Morgan fingerprint density at radius 1 is 1.40 bits per heavy atom. The van der Waals surface area contributed by atoms with Crippen LogP contribution in [0.1, 0.15) is 12.1 Å². The second kappa shape index (κ2) is 6.60. The summed E-state index contributed by atoms with van der Waals surface area (Å²) in [6.07, 6.45) is 1.96. The van der Waals surface area contributed by atoms with Crippen LogP contribution < -0.4 is 15.8 Å². The van der Waals surface area contributed by atoms with Crippen LogP contribution in [0.15, 0.2) is 36.5 Å². The van der Waals surface area contributed by atoms with Crippen LogP contribution in [0.5, 0.6) is 5.75 Å². The normalized spacial score (nSPS) is 10.2. The van der Waals surface area contributed by atoms with Crippen molar-refractivity contribution < 1.29 is 9.53 Å². The first-order chi connectivity index (χ1) is 9.66. The fraction of sp³-hybridized carbons (Fsp3) is 0.286. The molecule has 0 aliphatic heterocycles. The van der Waals surface area contributed by atoms with E-state index in [-0.39, 0.29) is 18.9 Å². The molecule has 0 saturated carbocycles. The number of nitrogens with zero attached hydrogens (tertiary/aromatic N) is 2. The molecule has 1 heterocycles. The summed E-state index contributed by atoms with van der Waals surface area (Å²) in [5.74, 6) is 0.334. The van der Waals surface area contributed by atoms with Gasteiger partial charge in [0, 0.05) is 13.2 Å².